The smallest absolute Gasteiger partial charge is 0.191 e. The number of guanidine groups is 1. The van der Waals surface area contributed by atoms with Gasteiger partial charge in [0.15, 0.2) is 5.96 Å². The van der Waals surface area contributed by atoms with E-state index < -0.39 is 0 Å². The average Bonchev–Trinajstić information content (AvgIpc) is 2.81. The number of hydrogen-bond donors (Lipinski definition) is 2. The van der Waals surface area contributed by atoms with Crippen LogP contribution in [0.2, 0.25) is 0 Å². The van der Waals surface area contributed by atoms with Crippen molar-refractivity contribution in [3.8, 4) is 0 Å². The van der Waals surface area contributed by atoms with E-state index in [2.05, 4.69) is 48.3 Å². The lowest BCUT2D eigenvalue weighted by atomic mass is 9.82. The summed E-state index contributed by atoms with van der Waals surface area (Å²) >= 11 is 1.75. The minimum absolute atomic E-state index is 0. The molecule has 0 spiro atoms. The van der Waals surface area contributed by atoms with Crippen LogP contribution < -0.4 is 10.6 Å². The van der Waals surface area contributed by atoms with E-state index in [-0.39, 0.29) is 24.0 Å². The molecule has 1 aliphatic carbocycles. The minimum Gasteiger partial charge on any atom is -0.357 e. The lowest BCUT2D eigenvalue weighted by Crippen LogP contribution is -2.40. The third-order valence-electron chi connectivity index (χ3n) is 4.39. The molecule has 0 bridgehead atoms. The van der Waals surface area contributed by atoms with Gasteiger partial charge in [0.1, 0.15) is 5.01 Å². The number of aromatic nitrogens is 1. The molecule has 6 heteroatoms. The first-order chi connectivity index (χ1) is 10.6. The fourth-order valence-electron chi connectivity index (χ4n) is 3.08. The third-order valence-corrected chi connectivity index (χ3v) is 5.45. The highest BCUT2D eigenvalue weighted by Crippen LogP contribution is 2.27. The van der Waals surface area contributed by atoms with Crippen LogP contribution in [0, 0.1) is 25.7 Å². The molecule has 132 valence electrons. The molecule has 1 heterocycles. The largest absolute Gasteiger partial charge is 0.357 e. The number of aliphatic imine (C=N–C) groups is 1. The molecular formula is C17H31IN4S. The molecule has 4 nitrogen and oxygen atoms in total. The molecule has 2 atom stereocenters. The lowest BCUT2D eigenvalue weighted by Gasteiger charge is -2.27. The summed E-state index contributed by atoms with van der Waals surface area (Å²) in [5, 5.41) is 7.95. The molecule has 1 aliphatic rings. The highest BCUT2D eigenvalue weighted by Gasteiger charge is 2.18. The maximum Gasteiger partial charge on any atom is 0.191 e. The van der Waals surface area contributed by atoms with E-state index in [1.165, 1.54) is 30.6 Å². The number of thiazole rings is 1. The van der Waals surface area contributed by atoms with Crippen molar-refractivity contribution < 1.29 is 0 Å². The zero-order valence-electron chi connectivity index (χ0n) is 14.8. The van der Waals surface area contributed by atoms with Gasteiger partial charge in [0, 0.05) is 18.0 Å². The van der Waals surface area contributed by atoms with Gasteiger partial charge in [0.05, 0.1) is 12.2 Å². The molecule has 1 aromatic heterocycles. The minimum atomic E-state index is 0. The van der Waals surface area contributed by atoms with Crippen LogP contribution in [0.25, 0.3) is 0 Å². The first-order valence-corrected chi connectivity index (χ1v) is 9.35. The number of halogens is 1. The van der Waals surface area contributed by atoms with E-state index in [0.717, 1.165) is 41.6 Å². The molecule has 0 radical (unpaired) electrons. The Morgan fingerprint density at radius 1 is 1.30 bits per heavy atom. The Kier molecular flexibility index (Phi) is 9.43. The molecule has 23 heavy (non-hydrogen) atoms. The average molecular weight is 450 g/mol. The molecule has 2 N–H and O–H groups in total. The zero-order valence-corrected chi connectivity index (χ0v) is 18.0. The van der Waals surface area contributed by atoms with Gasteiger partial charge < -0.3 is 10.6 Å². The second-order valence-corrected chi connectivity index (χ2v) is 7.75. The fraction of sp³-hybridized carbons (Fsp3) is 0.765. The second-order valence-electron chi connectivity index (χ2n) is 6.46. The summed E-state index contributed by atoms with van der Waals surface area (Å²) in [6, 6.07) is 0. The number of nitrogens with zero attached hydrogens (tertiary/aromatic N) is 2. The SMILES string of the molecule is CCNC(=NCc1nc(C)c(C)s1)NCC1CCCC(C)C1.I. The Morgan fingerprint density at radius 3 is 2.70 bits per heavy atom. The molecular weight excluding hydrogens is 419 g/mol. The van der Waals surface area contributed by atoms with Crippen LogP contribution in [-0.2, 0) is 6.54 Å². The molecule has 0 amide bonds. The highest BCUT2D eigenvalue weighted by molar-refractivity contribution is 14.0. The van der Waals surface area contributed by atoms with Crippen molar-refractivity contribution >= 4 is 41.3 Å². The van der Waals surface area contributed by atoms with Crippen LogP contribution >= 0.6 is 35.3 Å². The Morgan fingerprint density at radius 2 is 2.09 bits per heavy atom. The summed E-state index contributed by atoms with van der Waals surface area (Å²) in [5.41, 5.74) is 1.13. The van der Waals surface area contributed by atoms with Gasteiger partial charge in [-0.1, -0.05) is 19.8 Å². The van der Waals surface area contributed by atoms with E-state index in [4.69, 9.17) is 0 Å². The molecule has 0 aliphatic heterocycles. The van der Waals surface area contributed by atoms with Gasteiger partial charge >= 0.3 is 0 Å². The quantitative estimate of drug-likeness (QED) is 0.401. The monoisotopic (exact) mass is 450 g/mol. The normalized spacial score (nSPS) is 21.7. The zero-order chi connectivity index (χ0) is 15.9. The summed E-state index contributed by atoms with van der Waals surface area (Å²) < 4.78 is 0. The van der Waals surface area contributed by atoms with Crippen LogP contribution in [0.4, 0.5) is 0 Å². The topological polar surface area (TPSA) is 49.3 Å². The number of hydrogen-bond acceptors (Lipinski definition) is 3. The van der Waals surface area contributed by atoms with Crippen molar-refractivity contribution in [3.05, 3.63) is 15.6 Å². The predicted molar refractivity (Wildman–Crippen MR) is 111 cm³/mol. The predicted octanol–water partition coefficient (Wildman–Crippen LogP) is 4.26. The third kappa shape index (κ3) is 6.95. The second kappa shape index (κ2) is 10.5. The van der Waals surface area contributed by atoms with Gasteiger partial charge in [-0.25, -0.2) is 9.98 Å². The summed E-state index contributed by atoms with van der Waals surface area (Å²) in [6.45, 7) is 11.3. The van der Waals surface area contributed by atoms with Crippen molar-refractivity contribution in [2.75, 3.05) is 13.1 Å². The standard InChI is InChI=1S/C17H30N4S.HI/c1-5-18-17(19-10-15-8-6-7-12(2)9-15)20-11-16-21-13(3)14(4)22-16;/h12,15H,5-11H2,1-4H3,(H2,18,19,20);1H. The van der Waals surface area contributed by atoms with Crippen molar-refractivity contribution in [1.29, 1.82) is 0 Å². The van der Waals surface area contributed by atoms with Crippen molar-refractivity contribution in [2.45, 2.75) is 59.9 Å². The molecule has 1 saturated carbocycles. The Labute approximate surface area is 162 Å². The van der Waals surface area contributed by atoms with Gasteiger partial charge in [-0.15, -0.1) is 35.3 Å². The van der Waals surface area contributed by atoms with Gasteiger partial charge in [-0.05, 0) is 45.4 Å². The molecule has 1 aromatic rings. The molecule has 2 unspecified atom stereocenters. The number of aryl methyl sites for hydroxylation is 2. The molecule has 0 saturated heterocycles. The number of rotatable bonds is 5. The van der Waals surface area contributed by atoms with Crippen LogP contribution in [0.5, 0.6) is 0 Å². The Hall–Kier alpha value is -0.370. The van der Waals surface area contributed by atoms with E-state index >= 15 is 0 Å². The van der Waals surface area contributed by atoms with E-state index in [1.54, 1.807) is 11.3 Å². The number of nitrogens with one attached hydrogen (secondary N) is 2. The first kappa shape index (κ1) is 20.7. The summed E-state index contributed by atoms with van der Waals surface area (Å²) in [4.78, 5) is 10.5. The van der Waals surface area contributed by atoms with E-state index in [1.807, 2.05) is 0 Å². The van der Waals surface area contributed by atoms with Crippen LogP contribution in [-0.4, -0.2) is 24.0 Å². The molecule has 1 fully saturated rings. The van der Waals surface area contributed by atoms with Crippen molar-refractivity contribution in [2.24, 2.45) is 16.8 Å². The summed E-state index contributed by atoms with van der Waals surface area (Å²) in [7, 11) is 0. The summed E-state index contributed by atoms with van der Waals surface area (Å²) in [5.74, 6) is 2.59. The van der Waals surface area contributed by atoms with E-state index in [9.17, 15) is 0 Å². The molecule has 2 rings (SSSR count). The first-order valence-electron chi connectivity index (χ1n) is 8.53. The Balaban J connectivity index is 0.00000264. The van der Waals surface area contributed by atoms with Crippen molar-refractivity contribution in [1.82, 2.24) is 15.6 Å². The van der Waals surface area contributed by atoms with Gasteiger partial charge in [0.2, 0.25) is 0 Å². The van der Waals surface area contributed by atoms with Crippen molar-refractivity contribution in [3.63, 3.8) is 0 Å². The van der Waals surface area contributed by atoms with Gasteiger partial charge in [0.25, 0.3) is 0 Å². The van der Waals surface area contributed by atoms with Gasteiger partial charge in [-0.3, -0.25) is 0 Å². The van der Waals surface area contributed by atoms with Crippen LogP contribution in [0.3, 0.4) is 0 Å². The lowest BCUT2D eigenvalue weighted by molar-refractivity contribution is 0.282. The summed E-state index contributed by atoms with van der Waals surface area (Å²) in [6.07, 6.45) is 5.46. The van der Waals surface area contributed by atoms with Crippen LogP contribution in [0.15, 0.2) is 4.99 Å². The van der Waals surface area contributed by atoms with Crippen LogP contribution in [0.1, 0.15) is 55.1 Å². The highest BCUT2D eigenvalue weighted by atomic mass is 127. The fourth-order valence-corrected chi connectivity index (χ4v) is 3.94. The van der Waals surface area contributed by atoms with E-state index in [0.29, 0.717) is 6.54 Å². The Bertz CT molecular complexity index is 481. The maximum atomic E-state index is 4.68. The van der Waals surface area contributed by atoms with Gasteiger partial charge in [-0.2, -0.15) is 0 Å². The maximum absolute atomic E-state index is 4.68. The molecule has 0 aromatic carbocycles.